The summed E-state index contributed by atoms with van der Waals surface area (Å²) in [7, 11) is 0. The Labute approximate surface area is 138 Å². The van der Waals surface area contributed by atoms with Crippen LogP contribution in [0.3, 0.4) is 0 Å². The maximum atomic E-state index is 12.2. The summed E-state index contributed by atoms with van der Waals surface area (Å²) in [4.78, 5) is 4.22. The average Bonchev–Trinajstić information content (AvgIpc) is 2.54. The summed E-state index contributed by atoms with van der Waals surface area (Å²) in [6.45, 7) is -1.09. The normalized spacial score (nSPS) is 21.7. The third-order valence-corrected chi connectivity index (χ3v) is 4.30. The van der Waals surface area contributed by atoms with Gasteiger partial charge in [0.2, 0.25) is 0 Å². The minimum atomic E-state index is -4.26. The Morgan fingerprint density at radius 2 is 1.83 bits per heavy atom. The van der Waals surface area contributed by atoms with Crippen LogP contribution < -0.4 is 16.4 Å². The first-order valence-electron chi connectivity index (χ1n) is 8.12. The van der Waals surface area contributed by atoms with Crippen LogP contribution >= 0.6 is 0 Å². The molecule has 1 aliphatic carbocycles. The molecule has 1 fully saturated rings. The summed E-state index contributed by atoms with van der Waals surface area (Å²) in [6.07, 6.45) is -0.0927. The number of nitrogens with one attached hydrogen (secondary N) is 2. The van der Waals surface area contributed by atoms with Gasteiger partial charge in [-0.05, 0) is 56.0 Å². The summed E-state index contributed by atoms with van der Waals surface area (Å²) >= 11 is 0. The van der Waals surface area contributed by atoms with Gasteiger partial charge in [-0.15, -0.1) is 0 Å². The SMILES string of the molecule is NC1CCC(Nc2ccc3nc(NCC(F)(F)F)ccc3c2)CC1. The van der Waals surface area contributed by atoms with E-state index in [9.17, 15) is 13.2 Å². The first-order chi connectivity index (χ1) is 11.4. The predicted octanol–water partition coefficient (Wildman–Crippen LogP) is 3.89. The highest BCUT2D eigenvalue weighted by atomic mass is 19.4. The van der Waals surface area contributed by atoms with Gasteiger partial charge in [0.05, 0.1) is 5.52 Å². The summed E-state index contributed by atoms with van der Waals surface area (Å²) in [5.41, 5.74) is 7.58. The largest absolute Gasteiger partial charge is 0.405 e. The second-order valence-corrected chi connectivity index (χ2v) is 6.33. The number of benzene rings is 1. The van der Waals surface area contributed by atoms with Crippen molar-refractivity contribution in [3.63, 3.8) is 0 Å². The van der Waals surface area contributed by atoms with Crippen molar-refractivity contribution in [2.24, 2.45) is 5.73 Å². The van der Waals surface area contributed by atoms with E-state index in [4.69, 9.17) is 5.73 Å². The van der Waals surface area contributed by atoms with Crippen molar-refractivity contribution in [3.8, 4) is 0 Å². The van der Waals surface area contributed by atoms with Crippen LogP contribution in [-0.4, -0.2) is 29.8 Å². The van der Waals surface area contributed by atoms with Crippen molar-refractivity contribution in [2.75, 3.05) is 17.2 Å². The number of fused-ring (bicyclic) bond motifs is 1. The zero-order valence-corrected chi connectivity index (χ0v) is 13.2. The van der Waals surface area contributed by atoms with Gasteiger partial charge in [0.1, 0.15) is 12.4 Å². The zero-order chi connectivity index (χ0) is 17.2. The molecule has 1 heterocycles. The van der Waals surface area contributed by atoms with E-state index in [0.717, 1.165) is 36.8 Å². The number of aromatic nitrogens is 1. The molecular formula is C17H21F3N4. The van der Waals surface area contributed by atoms with Crippen molar-refractivity contribution in [1.82, 2.24) is 4.98 Å². The molecule has 0 radical (unpaired) electrons. The highest BCUT2D eigenvalue weighted by Crippen LogP contribution is 2.25. The maximum Gasteiger partial charge on any atom is 0.405 e. The zero-order valence-electron chi connectivity index (χ0n) is 13.2. The molecule has 130 valence electrons. The van der Waals surface area contributed by atoms with Gasteiger partial charge in [-0.3, -0.25) is 0 Å². The number of nitrogens with zero attached hydrogens (tertiary/aromatic N) is 1. The Kier molecular flexibility index (Phi) is 4.80. The second-order valence-electron chi connectivity index (χ2n) is 6.33. The molecule has 2 aromatic rings. The van der Waals surface area contributed by atoms with Crippen LogP contribution in [-0.2, 0) is 0 Å². The molecule has 3 rings (SSSR count). The Bertz CT molecular complexity index is 694. The Morgan fingerprint density at radius 1 is 1.08 bits per heavy atom. The minimum absolute atomic E-state index is 0.224. The standard InChI is InChI=1S/C17H21F3N4/c18-17(19,20)10-22-16-8-1-11-9-14(6-7-15(11)24-16)23-13-4-2-12(21)3-5-13/h1,6-9,12-13,23H,2-5,10,21H2,(H,22,24). The fraction of sp³-hybridized carbons (Fsp3) is 0.471. The molecule has 0 atom stereocenters. The Hall–Kier alpha value is -2.02. The van der Waals surface area contributed by atoms with Crippen LogP contribution in [0.4, 0.5) is 24.7 Å². The molecule has 0 amide bonds. The highest BCUT2D eigenvalue weighted by Gasteiger charge is 2.26. The summed E-state index contributed by atoms with van der Waals surface area (Å²) in [5, 5.41) is 6.70. The van der Waals surface area contributed by atoms with Crippen LogP contribution in [0.15, 0.2) is 30.3 Å². The molecule has 4 N–H and O–H groups in total. The van der Waals surface area contributed by atoms with E-state index >= 15 is 0 Å². The number of halogens is 3. The Morgan fingerprint density at radius 3 is 2.54 bits per heavy atom. The van der Waals surface area contributed by atoms with Gasteiger partial charge in [-0.1, -0.05) is 0 Å². The van der Waals surface area contributed by atoms with E-state index in [0.29, 0.717) is 17.6 Å². The van der Waals surface area contributed by atoms with Crippen molar-refractivity contribution in [2.45, 2.75) is 43.9 Å². The van der Waals surface area contributed by atoms with Gasteiger partial charge in [-0.25, -0.2) is 4.98 Å². The van der Waals surface area contributed by atoms with Gasteiger partial charge in [0.15, 0.2) is 0 Å². The van der Waals surface area contributed by atoms with Crippen LogP contribution in [0.2, 0.25) is 0 Å². The lowest BCUT2D eigenvalue weighted by Crippen LogP contribution is -2.32. The van der Waals surface area contributed by atoms with Crippen molar-refractivity contribution in [3.05, 3.63) is 30.3 Å². The van der Waals surface area contributed by atoms with Crippen LogP contribution in [0.25, 0.3) is 10.9 Å². The molecule has 1 aromatic carbocycles. The lowest BCUT2D eigenvalue weighted by molar-refractivity contribution is -0.115. The summed E-state index contributed by atoms with van der Waals surface area (Å²) < 4.78 is 36.7. The summed E-state index contributed by atoms with van der Waals surface area (Å²) in [5.74, 6) is 0.224. The molecule has 0 bridgehead atoms. The fourth-order valence-electron chi connectivity index (χ4n) is 3.00. The number of alkyl halides is 3. The van der Waals surface area contributed by atoms with E-state index in [1.54, 1.807) is 12.1 Å². The van der Waals surface area contributed by atoms with Crippen molar-refractivity contribution >= 4 is 22.4 Å². The van der Waals surface area contributed by atoms with Crippen molar-refractivity contribution in [1.29, 1.82) is 0 Å². The number of hydrogen-bond acceptors (Lipinski definition) is 4. The lowest BCUT2D eigenvalue weighted by atomic mass is 9.91. The quantitative estimate of drug-likeness (QED) is 0.791. The number of hydrogen-bond donors (Lipinski definition) is 3. The van der Waals surface area contributed by atoms with E-state index in [2.05, 4.69) is 15.6 Å². The first-order valence-corrected chi connectivity index (χ1v) is 8.12. The van der Waals surface area contributed by atoms with Crippen LogP contribution in [0, 0.1) is 0 Å². The molecule has 0 unspecified atom stereocenters. The van der Waals surface area contributed by atoms with Gasteiger partial charge >= 0.3 is 6.18 Å². The smallest absolute Gasteiger partial charge is 0.382 e. The molecule has 7 heteroatoms. The van der Waals surface area contributed by atoms with Gasteiger partial charge in [0.25, 0.3) is 0 Å². The number of rotatable bonds is 4. The van der Waals surface area contributed by atoms with Gasteiger partial charge in [0, 0.05) is 23.2 Å². The molecule has 0 saturated heterocycles. The predicted molar refractivity (Wildman–Crippen MR) is 90.1 cm³/mol. The number of nitrogens with two attached hydrogens (primary N) is 1. The van der Waals surface area contributed by atoms with Crippen molar-refractivity contribution < 1.29 is 13.2 Å². The maximum absolute atomic E-state index is 12.2. The van der Waals surface area contributed by atoms with E-state index in [1.165, 1.54) is 0 Å². The topological polar surface area (TPSA) is 63.0 Å². The fourth-order valence-corrected chi connectivity index (χ4v) is 3.00. The van der Waals surface area contributed by atoms with Crippen LogP contribution in [0.1, 0.15) is 25.7 Å². The lowest BCUT2D eigenvalue weighted by Gasteiger charge is -2.27. The van der Waals surface area contributed by atoms with E-state index < -0.39 is 12.7 Å². The minimum Gasteiger partial charge on any atom is -0.382 e. The molecule has 4 nitrogen and oxygen atoms in total. The highest BCUT2D eigenvalue weighted by molar-refractivity contribution is 5.83. The summed E-state index contributed by atoms with van der Waals surface area (Å²) in [6, 6.07) is 9.79. The molecule has 1 aromatic heterocycles. The Balaban J connectivity index is 1.68. The molecule has 24 heavy (non-hydrogen) atoms. The molecule has 0 spiro atoms. The van der Waals surface area contributed by atoms with Gasteiger partial charge < -0.3 is 16.4 Å². The molecular weight excluding hydrogens is 317 g/mol. The molecule has 1 aliphatic rings. The molecule has 0 aliphatic heterocycles. The number of pyridine rings is 1. The average molecular weight is 338 g/mol. The van der Waals surface area contributed by atoms with E-state index in [1.807, 2.05) is 18.2 Å². The monoisotopic (exact) mass is 338 g/mol. The second kappa shape index (κ2) is 6.84. The third kappa shape index (κ3) is 4.50. The first kappa shape index (κ1) is 16.8. The molecule has 1 saturated carbocycles. The van der Waals surface area contributed by atoms with Gasteiger partial charge in [-0.2, -0.15) is 13.2 Å². The number of anilines is 2. The van der Waals surface area contributed by atoms with Crippen LogP contribution in [0.5, 0.6) is 0 Å². The third-order valence-electron chi connectivity index (χ3n) is 4.30. The van der Waals surface area contributed by atoms with E-state index in [-0.39, 0.29) is 5.82 Å².